The van der Waals surface area contributed by atoms with Crippen molar-refractivity contribution in [2.24, 2.45) is 0 Å². The Morgan fingerprint density at radius 1 is 1.52 bits per heavy atom. The smallest absolute Gasteiger partial charge is 0.260 e. The molecule has 0 bridgehead atoms. The van der Waals surface area contributed by atoms with Gasteiger partial charge in [0, 0.05) is 6.92 Å². The van der Waals surface area contributed by atoms with Crippen LogP contribution in [-0.4, -0.2) is 33.7 Å². The van der Waals surface area contributed by atoms with Gasteiger partial charge in [-0.05, 0) is 0 Å². The number of hydrogen-bond donors (Lipinski definition) is 1. The first-order valence-corrected chi connectivity index (χ1v) is 6.00. The van der Waals surface area contributed by atoms with Crippen molar-refractivity contribution in [3.63, 3.8) is 0 Å². The fourth-order valence-electron chi connectivity index (χ4n) is 2.47. The highest BCUT2D eigenvalue weighted by molar-refractivity contribution is 5.60. The van der Waals surface area contributed by atoms with Gasteiger partial charge in [-0.15, -0.1) is 5.10 Å². The number of aromatic nitrogens is 3. The molecule has 0 spiro atoms. The standard InChI is InChI=1S/C12H10F3N5O/c1-11(14,15)12(4-21-5-12)9-6(2-16)8(13)7-3-18-10(17)19-20(7)9/h3H,4-5H2,1H3,(H2,17,19). The lowest BCUT2D eigenvalue weighted by atomic mass is 9.75. The van der Waals surface area contributed by atoms with Crippen LogP contribution in [0.15, 0.2) is 6.20 Å². The molecule has 2 aromatic rings. The van der Waals surface area contributed by atoms with E-state index in [1.807, 2.05) is 0 Å². The Kier molecular flexibility index (Phi) is 2.65. The van der Waals surface area contributed by atoms with Gasteiger partial charge in [0.1, 0.15) is 22.6 Å². The number of nitrogens with zero attached hydrogens (tertiary/aromatic N) is 4. The van der Waals surface area contributed by atoms with Crippen molar-refractivity contribution < 1.29 is 17.9 Å². The number of nitriles is 1. The summed E-state index contributed by atoms with van der Waals surface area (Å²) in [6.07, 6.45) is 1.06. The van der Waals surface area contributed by atoms with Gasteiger partial charge in [-0.3, -0.25) is 0 Å². The van der Waals surface area contributed by atoms with Crippen molar-refractivity contribution in [2.75, 3.05) is 18.9 Å². The van der Waals surface area contributed by atoms with Gasteiger partial charge >= 0.3 is 0 Å². The van der Waals surface area contributed by atoms with Crippen LogP contribution in [-0.2, 0) is 10.2 Å². The summed E-state index contributed by atoms with van der Waals surface area (Å²) in [5, 5.41) is 12.9. The number of ether oxygens (including phenoxy) is 1. The molecular formula is C12H10F3N5O. The van der Waals surface area contributed by atoms with Gasteiger partial charge in [0.25, 0.3) is 5.92 Å². The van der Waals surface area contributed by atoms with Crippen LogP contribution in [0, 0.1) is 17.1 Å². The molecule has 3 heterocycles. The lowest BCUT2D eigenvalue weighted by Gasteiger charge is -2.44. The van der Waals surface area contributed by atoms with Crippen molar-refractivity contribution in [1.82, 2.24) is 14.6 Å². The minimum atomic E-state index is -3.22. The SMILES string of the molecule is CC(F)(F)C1(c2c(C#N)c(F)c3cnc(N)nn23)COC1. The van der Waals surface area contributed by atoms with Crippen LogP contribution < -0.4 is 5.73 Å². The predicted octanol–water partition coefficient (Wildman–Crippen LogP) is 1.25. The quantitative estimate of drug-likeness (QED) is 0.901. The summed E-state index contributed by atoms with van der Waals surface area (Å²) >= 11 is 0. The molecule has 110 valence electrons. The van der Waals surface area contributed by atoms with Crippen molar-refractivity contribution in [3.05, 3.63) is 23.3 Å². The van der Waals surface area contributed by atoms with Gasteiger partial charge in [-0.2, -0.15) is 5.26 Å². The van der Waals surface area contributed by atoms with Crippen LogP contribution in [0.3, 0.4) is 0 Å². The normalized spacial score (nSPS) is 17.5. The summed E-state index contributed by atoms with van der Waals surface area (Å²) in [7, 11) is 0. The maximum absolute atomic E-state index is 14.3. The number of alkyl halides is 2. The Hall–Kier alpha value is -2.34. The Bertz CT molecular complexity index is 770. The number of hydrogen-bond acceptors (Lipinski definition) is 5. The number of anilines is 1. The first-order valence-electron chi connectivity index (χ1n) is 6.00. The monoisotopic (exact) mass is 297 g/mol. The molecular weight excluding hydrogens is 287 g/mol. The molecule has 0 amide bonds. The lowest BCUT2D eigenvalue weighted by molar-refractivity contribution is -0.188. The Morgan fingerprint density at radius 2 is 2.19 bits per heavy atom. The average molecular weight is 297 g/mol. The molecule has 21 heavy (non-hydrogen) atoms. The second-order valence-corrected chi connectivity index (χ2v) is 5.03. The van der Waals surface area contributed by atoms with E-state index in [0.717, 1.165) is 10.7 Å². The predicted molar refractivity (Wildman–Crippen MR) is 65.2 cm³/mol. The summed E-state index contributed by atoms with van der Waals surface area (Å²) in [5.41, 5.74) is 2.73. The molecule has 2 aromatic heterocycles. The zero-order valence-corrected chi connectivity index (χ0v) is 10.9. The Labute approximate surface area is 116 Å². The Morgan fingerprint density at radius 3 is 2.67 bits per heavy atom. The van der Waals surface area contributed by atoms with Crippen molar-refractivity contribution in [3.8, 4) is 6.07 Å². The third-order valence-electron chi connectivity index (χ3n) is 3.75. The molecule has 6 nitrogen and oxygen atoms in total. The maximum atomic E-state index is 14.3. The van der Waals surface area contributed by atoms with Crippen molar-refractivity contribution in [2.45, 2.75) is 18.3 Å². The summed E-state index contributed by atoms with van der Waals surface area (Å²) in [6.45, 7) is 0.0415. The highest BCUT2D eigenvalue weighted by Crippen LogP contribution is 2.47. The molecule has 0 atom stereocenters. The highest BCUT2D eigenvalue weighted by atomic mass is 19.3. The summed E-state index contributed by atoms with van der Waals surface area (Å²) < 4.78 is 48.2. The van der Waals surface area contributed by atoms with E-state index < -0.39 is 22.7 Å². The largest absolute Gasteiger partial charge is 0.379 e. The van der Waals surface area contributed by atoms with Gasteiger partial charge in [0.2, 0.25) is 5.95 Å². The van der Waals surface area contributed by atoms with E-state index in [4.69, 9.17) is 15.7 Å². The molecule has 0 aliphatic carbocycles. The zero-order chi connectivity index (χ0) is 15.4. The molecule has 1 aliphatic heterocycles. The van der Waals surface area contributed by atoms with E-state index in [-0.39, 0.29) is 30.4 Å². The fraction of sp³-hybridized carbons (Fsp3) is 0.417. The van der Waals surface area contributed by atoms with Gasteiger partial charge in [-0.25, -0.2) is 22.7 Å². The lowest BCUT2D eigenvalue weighted by Crippen LogP contribution is -2.59. The number of halogens is 3. The molecule has 2 N–H and O–H groups in total. The first-order chi connectivity index (χ1) is 9.82. The molecule has 9 heteroatoms. The van der Waals surface area contributed by atoms with Gasteiger partial charge in [-0.1, -0.05) is 0 Å². The van der Waals surface area contributed by atoms with Gasteiger partial charge in [0.15, 0.2) is 5.82 Å². The van der Waals surface area contributed by atoms with E-state index in [0.29, 0.717) is 6.92 Å². The second-order valence-electron chi connectivity index (χ2n) is 5.03. The molecule has 0 saturated carbocycles. The van der Waals surface area contributed by atoms with E-state index >= 15 is 0 Å². The average Bonchev–Trinajstić information content (AvgIpc) is 2.59. The van der Waals surface area contributed by atoms with Crippen molar-refractivity contribution >= 4 is 11.5 Å². The number of fused-ring (bicyclic) bond motifs is 1. The molecule has 1 saturated heterocycles. The third kappa shape index (κ3) is 1.62. The number of rotatable bonds is 2. The minimum Gasteiger partial charge on any atom is -0.379 e. The highest BCUT2D eigenvalue weighted by Gasteiger charge is 2.60. The second kappa shape index (κ2) is 4.08. The van der Waals surface area contributed by atoms with E-state index in [1.54, 1.807) is 6.07 Å². The number of nitrogens with two attached hydrogens (primary N) is 1. The third-order valence-corrected chi connectivity index (χ3v) is 3.75. The van der Waals surface area contributed by atoms with Gasteiger partial charge in [0.05, 0.1) is 25.1 Å². The summed E-state index contributed by atoms with van der Waals surface area (Å²) in [4.78, 5) is 3.62. The zero-order valence-electron chi connectivity index (χ0n) is 10.9. The fourth-order valence-corrected chi connectivity index (χ4v) is 2.47. The number of nitrogen functional groups attached to an aromatic ring is 1. The van der Waals surface area contributed by atoms with E-state index in [1.165, 1.54) is 0 Å². The molecule has 0 radical (unpaired) electrons. The van der Waals surface area contributed by atoms with Crippen LogP contribution >= 0.6 is 0 Å². The van der Waals surface area contributed by atoms with E-state index in [2.05, 4.69) is 10.1 Å². The minimum absolute atomic E-state index is 0.175. The van der Waals surface area contributed by atoms with Crippen LogP contribution in [0.25, 0.3) is 5.52 Å². The van der Waals surface area contributed by atoms with Crippen LogP contribution in [0.4, 0.5) is 19.1 Å². The van der Waals surface area contributed by atoms with Crippen molar-refractivity contribution in [1.29, 1.82) is 5.26 Å². The van der Waals surface area contributed by atoms with Gasteiger partial charge < -0.3 is 10.5 Å². The molecule has 1 fully saturated rings. The topological polar surface area (TPSA) is 89.2 Å². The summed E-state index contributed by atoms with van der Waals surface area (Å²) in [6, 6.07) is 1.63. The van der Waals surface area contributed by atoms with Crippen LogP contribution in [0.2, 0.25) is 0 Å². The molecule has 1 aliphatic rings. The first kappa shape index (κ1) is 13.6. The van der Waals surface area contributed by atoms with E-state index in [9.17, 15) is 13.2 Å². The summed E-state index contributed by atoms with van der Waals surface area (Å²) in [5.74, 6) is -4.38. The molecule has 0 unspecified atom stereocenters. The molecule has 0 aromatic carbocycles. The maximum Gasteiger partial charge on any atom is 0.260 e. The van der Waals surface area contributed by atoms with Crippen LogP contribution in [0.1, 0.15) is 18.2 Å². The Balaban J connectivity index is 2.42. The van der Waals surface area contributed by atoms with Crippen LogP contribution in [0.5, 0.6) is 0 Å². The molecule has 3 rings (SSSR count).